The summed E-state index contributed by atoms with van der Waals surface area (Å²) in [5.74, 6) is 2.44. The van der Waals surface area contributed by atoms with Gasteiger partial charge in [0.15, 0.2) is 0 Å². The van der Waals surface area contributed by atoms with Crippen LogP contribution in [-0.4, -0.2) is 33.9 Å². The van der Waals surface area contributed by atoms with Crippen LogP contribution in [0.25, 0.3) is 10.2 Å². The number of carbonyl (C=O) groups excluding carboxylic acids is 1. The van der Waals surface area contributed by atoms with Gasteiger partial charge in [-0.1, -0.05) is 6.92 Å². The molecule has 1 aliphatic heterocycles. The topological polar surface area (TPSA) is 46.1 Å². The number of amides is 1. The van der Waals surface area contributed by atoms with Gasteiger partial charge in [0.25, 0.3) is 5.91 Å². The van der Waals surface area contributed by atoms with Crippen molar-refractivity contribution < 1.29 is 4.79 Å². The number of hydrogen-bond donors (Lipinski definition) is 0. The van der Waals surface area contributed by atoms with E-state index in [0.29, 0.717) is 5.92 Å². The molecule has 1 saturated carbocycles. The van der Waals surface area contributed by atoms with Crippen LogP contribution in [-0.2, 0) is 0 Å². The van der Waals surface area contributed by atoms with Gasteiger partial charge >= 0.3 is 0 Å². The van der Waals surface area contributed by atoms with Crippen LogP contribution >= 0.6 is 11.3 Å². The van der Waals surface area contributed by atoms with Crippen molar-refractivity contribution in [1.82, 2.24) is 14.9 Å². The zero-order chi connectivity index (χ0) is 16.1. The number of carbonyl (C=O) groups is 1. The average molecular weight is 329 g/mol. The van der Waals surface area contributed by atoms with Crippen molar-refractivity contribution in [3.8, 4) is 0 Å². The monoisotopic (exact) mass is 329 g/mol. The van der Waals surface area contributed by atoms with Gasteiger partial charge in [-0.3, -0.25) is 4.79 Å². The largest absolute Gasteiger partial charge is 0.338 e. The Balaban J connectivity index is 1.71. The Morgan fingerprint density at radius 3 is 2.48 bits per heavy atom. The van der Waals surface area contributed by atoms with E-state index >= 15 is 0 Å². The van der Waals surface area contributed by atoms with Gasteiger partial charge in [0.2, 0.25) is 0 Å². The fourth-order valence-corrected chi connectivity index (χ4v) is 4.65. The van der Waals surface area contributed by atoms with Crippen molar-refractivity contribution in [2.24, 2.45) is 5.92 Å². The third-order valence-corrected chi connectivity index (χ3v) is 6.37. The second-order valence-corrected chi connectivity index (χ2v) is 8.15. The van der Waals surface area contributed by atoms with Gasteiger partial charge in [-0.15, -0.1) is 11.3 Å². The highest BCUT2D eigenvalue weighted by atomic mass is 32.1. The molecule has 1 amide bonds. The standard InChI is InChI=1S/C18H23N3OS/c1-10-6-8-21(9-7-10)18(22)15-11(2)14-12(3)19-16(13-4-5-13)20-17(14)23-15/h10,13H,4-9H2,1-3H3. The average Bonchev–Trinajstić information content (AvgIpc) is 3.32. The molecule has 3 heterocycles. The zero-order valence-electron chi connectivity index (χ0n) is 14.1. The predicted octanol–water partition coefficient (Wildman–Crippen LogP) is 4.06. The molecule has 23 heavy (non-hydrogen) atoms. The molecule has 122 valence electrons. The smallest absolute Gasteiger partial charge is 0.264 e. The maximum Gasteiger partial charge on any atom is 0.264 e. The van der Waals surface area contributed by atoms with E-state index in [4.69, 9.17) is 4.98 Å². The molecule has 4 rings (SSSR count). The molecule has 0 bridgehead atoms. The lowest BCUT2D eigenvalue weighted by molar-refractivity contribution is 0.0701. The molecule has 0 spiro atoms. The highest BCUT2D eigenvalue weighted by Gasteiger charge is 2.29. The third kappa shape index (κ3) is 2.65. The van der Waals surface area contributed by atoms with E-state index in [-0.39, 0.29) is 5.91 Å². The van der Waals surface area contributed by atoms with Crippen molar-refractivity contribution in [2.45, 2.75) is 52.4 Å². The Kier molecular flexibility index (Phi) is 3.63. The molecule has 4 nitrogen and oxygen atoms in total. The number of likely N-dealkylation sites (tertiary alicyclic amines) is 1. The molecule has 2 aliphatic rings. The Bertz CT molecular complexity index is 770. The zero-order valence-corrected chi connectivity index (χ0v) is 14.9. The van der Waals surface area contributed by atoms with E-state index in [1.54, 1.807) is 11.3 Å². The van der Waals surface area contributed by atoms with Crippen LogP contribution < -0.4 is 0 Å². The highest BCUT2D eigenvalue weighted by molar-refractivity contribution is 7.20. The molecule has 2 aromatic rings. The quantitative estimate of drug-likeness (QED) is 0.835. The van der Waals surface area contributed by atoms with Crippen molar-refractivity contribution >= 4 is 27.5 Å². The summed E-state index contributed by atoms with van der Waals surface area (Å²) in [4.78, 5) is 26.2. The summed E-state index contributed by atoms with van der Waals surface area (Å²) in [6.07, 6.45) is 4.63. The minimum atomic E-state index is 0.185. The minimum absolute atomic E-state index is 0.185. The molecule has 2 fully saturated rings. The van der Waals surface area contributed by atoms with Crippen molar-refractivity contribution in [3.63, 3.8) is 0 Å². The first-order valence-corrected chi connectivity index (χ1v) is 9.43. The second kappa shape index (κ2) is 5.55. The van der Waals surface area contributed by atoms with Crippen molar-refractivity contribution in [3.05, 3.63) is 22.0 Å². The van der Waals surface area contributed by atoms with Gasteiger partial charge in [0, 0.05) is 24.4 Å². The van der Waals surface area contributed by atoms with E-state index in [1.165, 1.54) is 12.8 Å². The first kappa shape index (κ1) is 15.1. The maximum absolute atomic E-state index is 12.9. The first-order valence-electron chi connectivity index (χ1n) is 8.61. The summed E-state index contributed by atoms with van der Waals surface area (Å²) in [5.41, 5.74) is 2.09. The Labute approximate surface area is 140 Å². The van der Waals surface area contributed by atoms with Crippen LogP contribution in [0.3, 0.4) is 0 Å². The Morgan fingerprint density at radius 1 is 1.13 bits per heavy atom. The molecule has 1 aliphatic carbocycles. The number of hydrogen-bond acceptors (Lipinski definition) is 4. The summed E-state index contributed by atoms with van der Waals surface area (Å²) < 4.78 is 0. The van der Waals surface area contributed by atoms with Gasteiger partial charge in [-0.25, -0.2) is 9.97 Å². The molecule has 2 aromatic heterocycles. The summed E-state index contributed by atoms with van der Waals surface area (Å²) in [6, 6.07) is 0. The van der Waals surface area contributed by atoms with Crippen LogP contribution in [0.1, 0.15) is 65.3 Å². The minimum Gasteiger partial charge on any atom is -0.338 e. The summed E-state index contributed by atoms with van der Waals surface area (Å²) in [6.45, 7) is 8.13. The number of piperidine rings is 1. The molecule has 1 saturated heterocycles. The molecular weight excluding hydrogens is 306 g/mol. The second-order valence-electron chi connectivity index (χ2n) is 7.15. The number of aryl methyl sites for hydroxylation is 2. The lowest BCUT2D eigenvalue weighted by Gasteiger charge is -2.30. The van der Waals surface area contributed by atoms with E-state index in [1.807, 2.05) is 18.7 Å². The van der Waals surface area contributed by atoms with Crippen LogP contribution in [0, 0.1) is 19.8 Å². The summed E-state index contributed by atoms with van der Waals surface area (Å²) in [7, 11) is 0. The lowest BCUT2D eigenvalue weighted by Crippen LogP contribution is -2.37. The van der Waals surface area contributed by atoms with Crippen LogP contribution in [0.5, 0.6) is 0 Å². The lowest BCUT2D eigenvalue weighted by atomic mass is 9.99. The summed E-state index contributed by atoms with van der Waals surface area (Å²) in [5, 5.41) is 1.09. The van der Waals surface area contributed by atoms with Crippen molar-refractivity contribution in [1.29, 1.82) is 0 Å². The van der Waals surface area contributed by atoms with E-state index < -0.39 is 0 Å². The maximum atomic E-state index is 12.9. The van der Waals surface area contributed by atoms with E-state index in [2.05, 4.69) is 11.9 Å². The van der Waals surface area contributed by atoms with Gasteiger partial charge in [0.1, 0.15) is 10.7 Å². The van der Waals surface area contributed by atoms with E-state index in [0.717, 1.165) is 64.0 Å². The number of aromatic nitrogens is 2. The van der Waals surface area contributed by atoms with E-state index in [9.17, 15) is 4.79 Å². The normalized spacial score (nSPS) is 19.5. The van der Waals surface area contributed by atoms with Crippen LogP contribution in [0.2, 0.25) is 0 Å². The number of fused-ring (bicyclic) bond motifs is 1. The van der Waals surface area contributed by atoms with Crippen LogP contribution in [0.4, 0.5) is 0 Å². The molecule has 0 radical (unpaired) electrons. The third-order valence-electron chi connectivity index (χ3n) is 5.20. The molecule has 0 atom stereocenters. The highest BCUT2D eigenvalue weighted by Crippen LogP contribution is 2.40. The van der Waals surface area contributed by atoms with Crippen molar-refractivity contribution in [2.75, 3.05) is 13.1 Å². The number of rotatable bonds is 2. The molecule has 5 heteroatoms. The van der Waals surface area contributed by atoms with Gasteiger partial charge in [0.05, 0.1) is 10.6 Å². The Hall–Kier alpha value is -1.49. The summed E-state index contributed by atoms with van der Waals surface area (Å²) >= 11 is 1.56. The fourth-order valence-electron chi connectivity index (χ4n) is 3.44. The molecular formula is C18H23N3OS. The molecule has 0 unspecified atom stereocenters. The number of nitrogens with zero attached hydrogens (tertiary/aromatic N) is 3. The van der Waals surface area contributed by atoms with Crippen LogP contribution in [0.15, 0.2) is 0 Å². The number of thiophene rings is 1. The van der Waals surface area contributed by atoms with Gasteiger partial charge in [-0.05, 0) is 51.0 Å². The molecule has 0 aromatic carbocycles. The first-order chi connectivity index (χ1) is 11.0. The van der Waals surface area contributed by atoms with Gasteiger partial charge < -0.3 is 4.90 Å². The SMILES string of the molecule is Cc1nc(C2CC2)nc2sc(C(=O)N3CCC(C)CC3)c(C)c12. The predicted molar refractivity (Wildman–Crippen MR) is 93.2 cm³/mol. The molecule has 0 N–H and O–H groups in total. The fraction of sp³-hybridized carbons (Fsp3) is 0.611. The van der Waals surface area contributed by atoms with Gasteiger partial charge in [-0.2, -0.15) is 0 Å². The Morgan fingerprint density at radius 2 is 1.83 bits per heavy atom.